The number of hydrogen-bond acceptors (Lipinski definition) is 3. The molecule has 5 nitrogen and oxygen atoms in total. The molecule has 1 aliphatic rings. The molecule has 128 valence electrons. The first-order valence-electron chi connectivity index (χ1n) is 7.22. The van der Waals surface area contributed by atoms with E-state index in [0.29, 0.717) is 31.1 Å². The van der Waals surface area contributed by atoms with Crippen LogP contribution < -0.4 is 0 Å². The Morgan fingerprint density at radius 3 is 1.95 bits per heavy atom. The number of alkyl halides is 3. The van der Waals surface area contributed by atoms with E-state index < -0.39 is 24.0 Å². The minimum atomic E-state index is -4.39. The molecule has 0 aromatic heterocycles. The molecule has 0 aromatic carbocycles. The van der Waals surface area contributed by atoms with Crippen LogP contribution in [0.5, 0.6) is 0 Å². The second-order valence-corrected chi connectivity index (χ2v) is 6.68. The number of halogens is 3. The van der Waals surface area contributed by atoms with E-state index in [-0.39, 0.29) is 12.5 Å². The van der Waals surface area contributed by atoms with E-state index in [0.717, 1.165) is 7.05 Å². The van der Waals surface area contributed by atoms with Crippen LogP contribution in [0.2, 0.25) is 0 Å². The molecular formula is C14H24F3N3O2. The predicted octanol–water partition coefficient (Wildman–Crippen LogP) is 1.20. The molecule has 8 heteroatoms. The van der Waals surface area contributed by atoms with Crippen LogP contribution in [-0.4, -0.2) is 79.0 Å². The van der Waals surface area contributed by atoms with Gasteiger partial charge in [0.05, 0.1) is 6.54 Å². The molecule has 2 amide bonds. The SMILES string of the molecule is CN(CC(F)(F)F)C(=O)CN1CCN(C(=O)C(C)(C)C)CC1. The van der Waals surface area contributed by atoms with Crippen molar-refractivity contribution in [3.63, 3.8) is 0 Å². The standard InChI is InChI=1S/C14H24F3N3O2/c1-13(2,3)12(22)20-7-5-19(6-8-20)9-11(21)18(4)10-14(15,16)17/h5-10H2,1-4H3. The Kier molecular flexibility index (Phi) is 5.83. The Morgan fingerprint density at radius 2 is 1.55 bits per heavy atom. The van der Waals surface area contributed by atoms with Crippen molar-refractivity contribution >= 4 is 11.8 Å². The Labute approximate surface area is 129 Å². The van der Waals surface area contributed by atoms with Crippen LogP contribution in [0.4, 0.5) is 13.2 Å². The molecule has 1 saturated heterocycles. The van der Waals surface area contributed by atoms with Gasteiger partial charge in [0.25, 0.3) is 0 Å². The van der Waals surface area contributed by atoms with E-state index in [9.17, 15) is 22.8 Å². The number of carbonyl (C=O) groups excluding carboxylic acids is 2. The molecule has 0 saturated carbocycles. The lowest BCUT2D eigenvalue weighted by atomic mass is 9.94. The molecule has 0 radical (unpaired) electrons. The highest BCUT2D eigenvalue weighted by Gasteiger charge is 2.33. The number of hydrogen-bond donors (Lipinski definition) is 0. The van der Waals surface area contributed by atoms with Crippen molar-refractivity contribution in [2.45, 2.75) is 26.9 Å². The summed E-state index contributed by atoms with van der Waals surface area (Å²) in [6.45, 7) is 6.21. The fourth-order valence-corrected chi connectivity index (χ4v) is 2.25. The maximum atomic E-state index is 12.2. The molecule has 0 aliphatic carbocycles. The maximum absolute atomic E-state index is 12.2. The van der Waals surface area contributed by atoms with Crippen LogP contribution in [0.25, 0.3) is 0 Å². The molecule has 0 bridgehead atoms. The third kappa shape index (κ3) is 5.82. The van der Waals surface area contributed by atoms with Crippen LogP contribution in [0.3, 0.4) is 0 Å². The quantitative estimate of drug-likeness (QED) is 0.784. The minimum absolute atomic E-state index is 0.0488. The fraction of sp³-hybridized carbons (Fsp3) is 0.857. The third-order valence-corrected chi connectivity index (χ3v) is 3.50. The van der Waals surface area contributed by atoms with E-state index in [4.69, 9.17) is 0 Å². The lowest BCUT2D eigenvalue weighted by Crippen LogP contribution is -2.53. The summed E-state index contributed by atoms with van der Waals surface area (Å²) in [6.07, 6.45) is -4.39. The van der Waals surface area contributed by atoms with Gasteiger partial charge in [-0.05, 0) is 0 Å². The van der Waals surface area contributed by atoms with Gasteiger partial charge in [-0.1, -0.05) is 20.8 Å². The number of nitrogens with zero attached hydrogens (tertiary/aromatic N) is 3. The minimum Gasteiger partial charge on any atom is -0.340 e. The van der Waals surface area contributed by atoms with Crippen LogP contribution in [-0.2, 0) is 9.59 Å². The summed E-state index contributed by atoms with van der Waals surface area (Å²) in [7, 11) is 1.15. The first kappa shape index (κ1) is 18.7. The number of amides is 2. The number of rotatable bonds is 3. The lowest BCUT2D eigenvalue weighted by molar-refractivity contribution is -0.159. The van der Waals surface area contributed by atoms with Crippen molar-refractivity contribution in [3.05, 3.63) is 0 Å². The van der Waals surface area contributed by atoms with Crippen molar-refractivity contribution in [2.24, 2.45) is 5.41 Å². The normalized spacial score (nSPS) is 17.5. The summed E-state index contributed by atoms with van der Waals surface area (Å²) in [6, 6.07) is 0. The monoisotopic (exact) mass is 323 g/mol. The summed E-state index contributed by atoms with van der Waals surface area (Å²) in [5, 5.41) is 0. The molecule has 0 unspecified atom stereocenters. The molecule has 0 spiro atoms. The zero-order valence-corrected chi connectivity index (χ0v) is 13.5. The van der Waals surface area contributed by atoms with E-state index in [1.165, 1.54) is 0 Å². The molecule has 1 rings (SSSR count). The molecule has 1 heterocycles. The largest absolute Gasteiger partial charge is 0.406 e. The Hall–Kier alpha value is -1.31. The van der Waals surface area contributed by atoms with E-state index >= 15 is 0 Å². The summed E-state index contributed by atoms with van der Waals surface area (Å²) in [4.78, 5) is 28.1. The van der Waals surface area contributed by atoms with Gasteiger partial charge in [0.2, 0.25) is 11.8 Å². The zero-order valence-electron chi connectivity index (χ0n) is 13.5. The molecule has 0 N–H and O–H groups in total. The Balaban J connectivity index is 2.43. The number of piperazine rings is 1. The maximum Gasteiger partial charge on any atom is 0.406 e. The van der Waals surface area contributed by atoms with Crippen molar-refractivity contribution in [1.29, 1.82) is 0 Å². The van der Waals surface area contributed by atoms with Gasteiger partial charge in [-0.15, -0.1) is 0 Å². The van der Waals surface area contributed by atoms with Crippen molar-refractivity contribution < 1.29 is 22.8 Å². The smallest absolute Gasteiger partial charge is 0.340 e. The fourth-order valence-electron chi connectivity index (χ4n) is 2.25. The van der Waals surface area contributed by atoms with Gasteiger partial charge < -0.3 is 9.80 Å². The first-order valence-corrected chi connectivity index (χ1v) is 7.22. The van der Waals surface area contributed by atoms with E-state index in [2.05, 4.69) is 0 Å². The van der Waals surface area contributed by atoms with Gasteiger partial charge in [-0.2, -0.15) is 13.2 Å². The third-order valence-electron chi connectivity index (χ3n) is 3.50. The predicted molar refractivity (Wildman–Crippen MR) is 76.2 cm³/mol. The van der Waals surface area contributed by atoms with Crippen LogP contribution in [0, 0.1) is 5.41 Å². The zero-order chi connectivity index (χ0) is 17.1. The summed E-state index contributed by atoms with van der Waals surface area (Å²) in [5.41, 5.74) is -0.453. The topological polar surface area (TPSA) is 43.9 Å². The van der Waals surface area contributed by atoms with E-state index in [1.807, 2.05) is 20.8 Å². The van der Waals surface area contributed by atoms with Gasteiger partial charge in [-0.25, -0.2) is 0 Å². The molecule has 0 aromatic rings. The van der Waals surface area contributed by atoms with Gasteiger partial charge in [0.15, 0.2) is 0 Å². The molecule has 22 heavy (non-hydrogen) atoms. The van der Waals surface area contributed by atoms with Gasteiger partial charge in [-0.3, -0.25) is 14.5 Å². The molecule has 0 atom stereocenters. The molecular weight excluding hydrogens is 299 g/mol. The summed E-state index contributed by atoms with van der Waals surface area (Å²) in [5.74, 6) is -0.513. The average molecular weight is 323 g/mol. The van der Waals surface area contributed by atoms with Crippen LogP contribution in [0.15, 0.2) is 0 Å². The summed E-state index contributed by atoms with van der Waals surface area (Å²) < 4.78 is 36.7. The van der Waals surface area contributed by atoms with Crippen LogP contribution >= 0.6 is 0 Å². The number of carbonyl (C=O) groups is 2. The van der Waals surface area contributed by atoms with E-state index in [1.54, 1.807) is 9.80 Å². The average Bonchev–Trinajstić information content (AvgIpc) is 2.35. The van der Waals surface area contributed by atoms with Crippen molar-refractivity contribution in [3.8, 4) is 0 Å². The number of likely N-dealkylation sites (N-methyl/N-ethyl adjacent to an activating group) is 1. The molecule has 1 fully saturated rings. The van der Waals surface area contributed by atoms with Crippen LogP contribution in [0.1, 0.15) is 20.8 Å². The highest BCUT2D eigenvalue weighted by atomic mass is 19.4. The van der Waals surface area contributed by atoms with Gasteiger partial charge in [0, 0.05) is 38.6 Å². The second kappa shape index (κ2) is 6.85. The van der Waals surface area contributed by atoms with Crippen molar-refractivity contribution in [2.75, 3.05) is 46.3 Å². The van der Waals surface area contributed by atoms with Crippen molar-refractivity contribution in [1.82, 2.24) is 14.7 Å². The summed E-state index contributed by atoms with van der Waals surface area (Å²) >= 11 is 0. The Morgan fingerprint density at radius 1 is 1.05 bits per heavy atom. The second-order valence-electron chi connectivity index (χ2n) is 6.68. The highest BCUT2D eigenvalue weighted by molar-refractivity contribution is 5.81. The Bertz CT molecular complexity index is 411. The highest BCUT2D eigenvalue weighted by Crippen LogP contribution is 2.19. The lowest BCUT2D eigenvalue weighted by Gasteiger charge is -2.37. The van der Waals surface area contributed by atoms with Gasteiger partial charge >= 0.3 is 6.18 Å². The first-order chi connectivity index (χ1) is 9.90. The molecule has 1 aliphatic heterocycles. The van der Waals surface area contributed by atoms with Gasteiger partial charge in [0.1, 0.15) is 6.54 Å².